The van der Waals surface area contributed by atoms with Crippen molar-refractivity contribution in [2.45, 2.75) is 12.3 Å². The van der Waals surface area contributed by atoms with Gasteiger partial charge in [0, 0.05) is 29.7 Å². The second-order valence-electron chi connectivity index (χ2n) is 5.42. The second-order valence-corrected chi connectivity index (χ2v) is 6.15. The first-order valence-corrected chi connectivity index (χ1v) is 7.69. The first kappa shape index (κ1) is 16.6. The molecule has 1 aromatic heterocycles. The number of hydrogen-bond donors (Lipinski definition) is 1. The molecule has 24 heavy (non-hydrogen) atoms. The van der Waals surface area contributed by atoms with Crippen LogP contribution in [0.2, 0.25) is 0 Å². The van der Waals surface area contributed by atoms with Crippen molar-refractivity contribution in [1.29, 1.82) is 0 Å². The minimum Gasteiger partial charge on any atom is -0.481 e. The number of halogens is 4. The lowest BCUT2D eigenvalue weighted by molar-refractivity contribution is -0.158. The molecular formula is C14H11F4N3O2S. The molecule has 0 bridgehead atoms. The summed E-state index contributed by atoms with van der Waals surface area (Å²) in [6.07, 6.45) is -0.230. The first-order chi connectivity index (χ1) is 11.3. The van der Waals surface area contributed by atoms with Crippen LogP contribution < -0.4 is 4.90 Å². The summed E-state index contributed by atoms with van der Waals surface area (Å²) < 4.78 is 58.3. The Morgan fingerprint density at radius 3 is 2.54 bits per heavy atom. The topological polar surface area (TPSA) is 66.3 Å². The van der Waals surface area contributed by atoms with Crippen LogP contribution in [0.5, 0.6) is 0 Å². The molecule has 1 aliphatic heterocycles. The SMILES string of the molecule is O=C(O)C1CCN(c2nc(-c3cc(F)cc(F)c3)ns2)CC1(F)F. The molecule has 1 fully saturated rings. The molecule has 0 amide bonds. The summed E-state index contributed by atoms with van der Waals surface area (Å²) in [6.45, 7) is -0.713. The van der Waals surface area contributed by atoms with Crippen molar-refractivity contribution in [2.24, 2.45) is 5.92 Å². The van der Waals surface area contributed by atoms with Gasteiger partial charge >= 0.3 is 5.97 Å². The zero-order valence-electron chi connectivity index (χ0n) is 12.0. The fourth-order valence-corrected chi connectivity index (χ4v) is 3.26. The summed E-state index contributed by atoms with van der Waals surface area (Å²) in [5, 5.41) is 8.99. The number of hydrogen-bond acceptors (Lipinski definition) is 5. The van der Waals surface area contributed by atoms with E-state index in [1.54, 1.807) is 0 Å². The molecule has 0 saturated carbocycles. The Labute approximate surface area is 137 Å². The van der Waals surface area contributed by atoms with Gasteiger partial charge in [0.15, 0.2) is 5.82 Å². The predicted molar refractivity (Wildman–Crippen MR) is 78.2 cm³/mol. The lowest BCUT2D eigenvalue weighted by atomic mass is 9.93. The summed E-state index contributed by atoms with van der Waals surface area (Å²) in [6, 6.07) is 2.79. The van der Waals surface area contributed by atoms with E-state index in [1.165, 1.54) is 4.90 Å². The number of aromatic nitrogens is 2. The monoisotopic (exact) mass is 361 g/mol. The molecule has 1 unspecified atom stereocenters. The van der Waals surface area contributed by atoms with Crippen LogP contribution in [0.4, 0.5) is 22.7 Å². The molecule has 1 atom stereocenters. The molecule has 0 radical (unpaired) electrons. The van der Waals surface area contributed by atoms with Crippen LogP contribution in [0.1, 0.15) is 6.42 Å². The van der Waals surface area contributed by atoms with E-state index >= 15 is 0 Å². The predicted octanol–water partition coefficient (Wildman–Crippen LogP) is 3.03. The summed E-state index contributed by atoms with van der Waals surface area (Å²) in [4.78, 5) is 16.1. The first-order valence-electron chi connectivity index (χ1n) is 6.92. The van der Waals surface area contributed by atoms with Crippen LogP contribution in [0.15, 0.2) is 18.2 Å². The van der Waals surface area contributed by atoms with Crippen molar-refractivity contribution < 1.29 is 27.5 Å². The highest BCUT2D eigenvalue weighted by molar-refractivity contribution is 7.09. The smallest absolute Gasteiger partial charge is 0.312 e. The minimum atomic E-state index is -3.40. The van der Waals surface area contributed by atoms with Crippen molar-refractivity contribution >= 4 is 22.6 Å². The molecule has 1 N–H and O–H groups in total. The molecule has 128 valence electrons. The maximum absolute atomic E-state index is 13.9. The Kier molecular flexibility index (Phi) is 4.16. The molecular weight excluding hydrogens is 350 g/mol. The van der Waals surface area contributed by atoms with E-state index in [4.69, 9.17) is 5.11 Å². The van der Waals surface area contributed by atoms with E-state index in [1.807, 2.05) is 0 Å². The molecule has 0 aliphatic carbocycles. The van der Waals surface area contributed by atoms with Gasteiger partial charge in [0.1, 0.15) is 17.6 Å². The normalized spacial score (nSPS) is 20.2. The summed E-state index contributed by atoms with van der Waals surface area (Å²) >= 11 is 0.812. The largest absolute Gasteiger partial charge is 0.481 e. The Morgan fingerprint density at radius 1 is 1.29 bits per heavy atom. The number of carboxylic acid groups (broad SMARTS) is 1. The molecule has 0 spiro atoms. The quantitative estimate of drug-likeness (QED) is 0.852. The lowest BCUT2D eigenvalue weighted by Gasteiger charge is -2.35. The van der Waals surface area contributed by atoms with Gasteiger partial charge < -0.3 is 10.0 Å². The van der Waals surface area contributed by atoms with Crippen molar-refractivity contribution in [3.63, 3.8) is 0 Å². The van der Waals surface area contributed by atoms with Crippen LogP contribution in [-0.2, 0) is 4.79 Å². The molecule has 5 nitrogen and oxygen atoms in total. The number of anilines is 1. The zero-order chi connectivity index (χ0) is 17.5. The summed E-state index contributed by atoms with van der Waals surface area (Å²) in [5.74, 6) is -8.24. The Balaban J connectivity index is 1.83. The highest BCUT2D eigenvalue weighted by atomic mass is 32.1. The number of piperidine rings is 1. The summed E-state index contributed by atoms with van der Waals surface area (Å²) in [5.41, 5.74) is 0.0992. The number of benzene rings is 1. The molecule has 1 aliphatic rings. The van der Waals surface area contributed by atoms with Crippen molar-refractivity contribution in [3.05, 3.63) is 29.8 Å². The van der Waals surface area contributed by atoms with Crippen LogP contribution in [0, 0.1) is 17.6 Å². The Bertz CT molecular complexity index is 763. The van der Waals surface area contributed by atoms with E-state index in [9.17, 15) is 22.4 Å². The van der Waals surface area contributed by atoms with Gasteiger partial charge in [-0.25, -0.2) is 17.6 Å². The maximum atomic E-state index is 13.9. The van der Waals surface area contributed by atoms with Gasteiger partial charge in [-0.15, -0.1) is 0 Å². The van der Waals surface area contributed by atoms with Crippen molar-refractivity contribution in [1.82, 2.24) is 9.36 Å². The number of alkyl halides is 2. The minimum absolute atomic E-state index is 0.0251. The third-order valence-electron chi connectivity index (χ3n) is 3.70. The van der Waals surface area contributed by atoms with Gasteiger partial charge in [0.2, 0.25) is 5.13 Å². The number of carbonyl (C=O) groups is 1. The van der Waals surface area contributed by atoms with Gasteiger partial charge in [-0.05, 0) is 18.6 Å². The molecule has 2 aromatic rings. The van der Waals surface area contributed by atoms with E-state index in [-0.39, 0.29) is 29.5 Å². The van der Waals surface area contributed by atoms with E-state index in [2.05, 4.69) is 9.36 Å². The number of rotatable bonds is 3. The van der Waals surface area contributed by atoms with Gasteiger partial charge in [-0.2, -0.15) is 9.36 Å². The van der Waals surface area contributed by atoms with Gasteiger partial charge in [0.05, 0.1) is 6.54 Å². The average Bonchev–Trinajstić information content (AvgIpc) is 2.94. The van der Waals surface area contributed by atoms with E-state index in [0.717, 1.165) is 23.7 Å². The van der Waals surface area contributed by atoms with Crippen LogP contribution in [-0.4, -0.2) is 39.4 Å². The van der Waals surface area contributed by atoms with Gasteiger partial charge in [-0.1, -0.05) is 0 Å². The van der Waals surface area contributed by atoms with Crippen molar-refractivity contribution in [2.75, 3.05) is 18.0 Å². The van der Waals surface area contributed by atoms with Crippen LogP contribution >= 0.6 is 11.5 Å². The molecule has 3 rings (SSSR count). The maximum Gasteiger partial charge on any atom is 0.312 e. The van der Waals surface area contributed by atoms with Gasteiger partial charge in [0.25, 0.3) is 5.92 Å². The number of nitrogens with zero attached hydrogens (tertiary/aromatic N) is 3. The van der Waals surface area contributed by atoms with Gasteiger partial charge in [-0.3, -0.25) is 4.79 Å². The van der Waals surface area contributed by atoms with E-state index < -0.39 is 36.0 Å². The number of carboxylic acids is 1. The average molecular weight is 361 g/mol. The van der Waals surface area contributed by atoms with Crippen LogP contribution in [0.3, 0.4) is 0 Å². The molecule has 10 heteroatoms. The third kappa shape index (κ3) is 3.18. The van der Waals surface area contributed by atoms with E-state index in [0.29, 0.717) is 6.07 Å². The molecule has 1 aromatic carbocycles. The van der Waals surface area contributed by atoms with Crippen molar-refractivity contribution in [3.8, 4) is 11.4 Å². The fraction of sp³-hybridized carbons (Fsp3) is 0.357. The molecule has 1 saturated heterocycles. The molecule has 2 heterocycles. The fourth-order valence-electron chi connectivity index (χ4n) is 2.55. The Morgan fingerprint density at radius 2 is 1.96 bits per heavy atom. The third-order valence-corrected chi connectivity index (χ3v) is 4.48. The lowest BCUT2D eigenvalue weighted by Crippen LogP contribution is -2.51. The van der Waals surface area contributed by atoms with Crippen LogP contribution in [0.25, 0.3) is 11.4 Å². The number of aliphatic carboxylic acids is 1. The zero-order valence-corrected chi connectivity index (χ0v) is 12.9. The highest BCUT2D eigenvalue weighted by Gasteiger charge is 2.49. The second kappa shape index (κ2) is 6.00. The highest BCUT2D eigenvalue weighted by Crippen LogP contribution is 2.36. The Hall–Kier alpha value is -2.23. The summed E-state index contributed by atoms with van der Waals surface area (Å²) in [7, 11) is 0. The standard InChI is InChI=1S/C14H11F4N3O2S/c15-8-3-7(4-9(16)5-8)11-19-13(24-20-11)21-2-1-10(12(22)23)14(17,18)6-21/h3-5,10H,1-2,6H2,(H,22,23).